The lowest BCUT2D eigenvalue weighted by Crippen LogP contribution is -2.23. The van der Waals surface area contributed by atoms with Crippen LogP contribution in [-0.4, -0.2) is 6.54 Å². The molecule has 1 aromatic heterocycles. The van der Waals surface area contributed by atoms with E-state index >= 15 is 0 Å². The Hall–Kier alpha value is -0.710. The minimum Gasteiger partial charge on any atom is -0.309 e. The Balaban J connectivity index is 2.21. The summed E-state index contributed by atoms with van der Waals surface area (Å²) < 4.78 is 14.5. The van der Waals surface area contributed by atoms with Gasteiger partial charge >= 0.3 is 0 Å². The molecule has 0 fully saturated rings. The Labute approximate surface area is 132 Å². The summed E-state index contributed by atoms with van der Waals surface area (Å²) in [6, 6.07) is 9.24. The molecule has 2 aromatic rings. The number of thiophene rings is 1. The molecule has 20 heavy (non-hydrogen) atoms. The van der Waals surface area contributed by atoms with Crippen LogP contribution in [0.1, 0.15) is 34.7 Å². The Morgan fingerprint density at radius 2 is 2.15 bits per heavy atom. The molecule has 1 aromatic carbocycles. The van der Waals surface area contributed by atoms with Gasteiger partial charge in [0.15, 0.2) is 0 Å². The summed E-state index contributed by atoms with van der Waals surface area (Å²) >= 11 is 5.43. The summed E-state index contributed by atoms with van der Waals surface area (Å²) in [5.41, 5.74) is 1.02. The summed E-state index contributed by atoms with van der Waals surface area (Å²) in [4.78, 5) is 2.58. The molecule has 1 heterocycles. The Morgan fingerprint density at radius 1 is 1.35 bits per heavy atom. The van der Waals surface area contributed by atoms with Crippen LogP contribution in [0.15, 0.2) is 34.8 Å². The fourth-order valence-corrected chi connectivity index (χ4v) is 4.22. The van der Waals surface area contributed by atoms with Crippen molar-refractivity contribution in [3.8, 4) is 0 Å². The lowest BCUT2D eigenvalue weighted by Gasteiger charge is -2.18. The maximum atomic E-state index is 13.3. The number of aryl methyl sites for hydroxylation is 1. The minimum absolute atomic E-state index is 0.168. The molecular weight excluding hydrogens is 337 g/mol. The highest BCUT2D eigenvalue weighted by molar-refractivity contribution is 9.10. The lowest BCUT2D eigenvalue weighted by molar-refractivity contribution is 0.533. The Morgan fingerprint density at radius 3 is 2.75 bits per heavy atom. The minimum atomic E-state index is -0.168. The number of rotatable bonds is 6. The molecule has 0 bridgehead atoms. The predicted molar refractivity (Wildman–Crippen MR) is 87.9 cm³/mol. The molecule has 0 radical (unpaired) electrons. The van der Waals surface area contributed by atoms with E-state index in [9.17, 15) is 4.39 Å². The zero-order valence-corrected chi connectivity index (χ0v) is 14.2. The van der Waals surface area contributed by atoms with Gasteiger partial charge in [-0.1, -0.05) is 19.1 Å². The average molecular weight is 356 g/mol. The van der Waals surface area contributed by atoms with Gasteiger partial charge in [0, 0.05) is 20.3 Å². The topological polar surface area (TPSA) is 12.0 Å². The van der Waals surface area contributed by atoms with Crippen LogP contribution in [0.5, 0.6) is 0 Å². The average Bonchev–Trinajstić information content (AvgIpc) is 2.73. The number of nitrogens with one attached hydrogen (secondary N) is 1. The second-order valence-electron chi connectivity index (χ2n) is 4.91. The fourth-order valence-electron chi connectivity index (χ4n) is 2.21. The van der Waals surface area contributed by atoms with E-state index in [2.05, 4.69) is 41.2 Å². The number of halogens is 2. The monoisotopic (exact) mass is 355 g/mol. The van der Waals surface area contributed by atoms with E-state index in [-0.39, 0.29) is 11.9 Å². The van der Waals surface area contributed by atoms with Crippen LogP contribution in [0.3, 0.4) is 0 Å². The zero-order valence-electron chi connectivity index (χ0n) is 11.7. The van der Waals surface area contributed by atoms with Crippen molar-refractivity contribution in [2.75, 3.05) is 6.54 Å². The van der Waals surface area contributed by atoms with Gasteiger partial charge in [0.05, 0.1) is 0 Å². The molecular formula is C16H19BrFNS. The standard InChI is InChI=1S/C16H19BrFNS/c1-3-7-19-15(16-14(17)8-11(2)20-16)10-12-5-4-6-13(18)9-12/h4-6,8-9,15,19H,3,7,10H2,1-2H3. The molecule has 0 aliphatic carbocycles. The molecule has 108 valence electrons. The highest BCUT2D eigenvalue weighted by Gasteiger charge is 2.17. The normalized spacial score (nSPS) is 12.6. The van der Waals surface area contributed by atoms with Crippen LogP contribution >= 0.6 is 27.3 Å². The van der Waals surface area contributed by atoms with Crippen LogP contribution < -0.4 is 5.32 Å². The van der Waals surface area contributed by atoms with Crippen molar-refractivity contribution in [1.82, 2.24) is 5.32 Å². The first-order valence-corrected chi connectivity index (χ1v) is 8.44. The highest BCUT2D eigenvalue weighted by atomic mass is 79.9. The van der Waals surface area contributed by atoms with E-state index in [0.717, 1.165) is 29.4 Å². The summed E-state index contributed by atoms with van der Waals surface area (Å²) in [7, 11) is 0. The fraction of sp³-hybridized carbons (Fsp3) is 0.375. The third kappa shape index (κ3) is 4.14. The first-order valence-electron chi connectivity index (χ1n) is 6.83. The van der Waals surface area contributed by atoms with Crippen molar-refractivity contribution in [3.05, 3.63) is 55.9 Å². The number of hydrogen-bond donors (Lipinski definition) is 1. The van der Waals surface area contributed by atoms with Gasteiger partial charge in [0.2, 0.25) is 0 Å². The van der Waals surface area contributed by atoms with Gasteiger partial charge in [-0.25, -0.2) is 4.39 Å². The molecule has 0 aliphatic rings. The third-order valence-electron chi connectivity index (χ3n) is 3.12. The summed E-state index contributed by atoms with van der Waals surface area (Å²) in [6.45, 7) is 5.22. The lowest BCUT2D eigenvalue weighted by atomic mass is 10.0. The molecule has 4 heteroatoms. The van der Waals surface area contributed by atoms with Gasteiger partial charge in [0.1, 0.15) is 5.82 Å². The summed E-state index contributed by atoms with van der Waals surface area (Å²) in [6.07, 6.45) is 1.89. The van der Waals surface area contributed by atoms with E-state index in [0.29, 0.717) is 0 Å². The molecule has 0 spiro atoms. The van der Waals surface area contributed by atoms with E-state index in [1.54, 1.807) is 23.5 Å². The Kier molecular flexibility index (Phi) is 5.75. The molecule has 1 nitrogen and oxygen atoms in total. The van der Waals surface area contributed by atoms with Gasteiger partial charge in [-0.05, 0) is 66.0 Å². The molecule has 0 saturated carbocycles. The van der Waals surface area contributed by atoms with Crippen molar-refractivity contribution in [2.45, 2.75) is 32.7 Å². The van der Waals surface area contributed by atoms with Gasteiger partial charge in [0.25, 0.3) is 0 Å². The number of benzene rings is 1. The van der Waals surface area contributed by atoms with Gasteiger partial charge < -0.3 is 5.32 Å². The van der Waals surface area contributed by atoms with Crippen molar-refractivity contribution in [2.24, 2.45) is 0 Å². The second kappa shape index (κ2) is 7.34. The van der Waals surface area contributed by atoms with E-state index in [4.69, 9.17) is 0 Å². The van der Waals surface area contributed by atoms with Gasteiger partial charge in [-0.3, -0.25) is 0 Å². The van der Waals surface area contributed by atoms with Crippen molar-refractivity contribution < 1.29 is 4.39 Å². The molecule has 0 aliphatic heterocycles. The SMILES string of the molecule is CCCNC(Cc1cccc(F)c1)c1sc(C)cc1Br. The highest BCUT2D eigenvalue weighted by Crippen LogP contribution is 2.34. The maximum absolute atomic E-state index is 13.3. The van der Waals surface area contributed by atoms with Gasteiger partial charge in [-0.2, -0.15) is 0 Å². The van der Waals surface area contributed by atoms with Crippen LogP contribution in [0.4, 0.5) is 4.39 Å². The molecule has 1 N–H and O–H groups in total. The van der Waals surface area contributed by atoms with Crippen LogP contribution in [0, 0.1) is 12.7 Å². The van der Waals surface area contributed by atoms with Crippen LogP contribution in [0.2, 0.25) is 0 Å². The summed E-state index contributed by atoms with van der Waals surface area (Å²) in [5, 5.41) is 3.57. The molecule has 2 rings (SSSR count). The maximum Gasteiger partial charge on any atom is 0.123 e. The zero-order chi connectivity index (χ0) is 14.5. The number of hydrogen-bond acceptors (Lipinski definition) is 2. The van der Waals surface area contributed by atoms with Crippen molar-refractivity contribution >= 4 is 27.3 Å². The van der Waals surface area contributed by atoms with Crippen molar-refractivity contribution in [1.29, 1.82) is 0 Å². The largest absolute Gasteiger partial charge is 0.309 e. The quantitative estimate of drug-likeness (QED) is 0.746. The van der Waals surface area contributed by atoms with E-state index < -0.39 is 0 Å². The summed E-state index contributed by atoms with van der Waals surface area (Å²) in [5.74, 6) is -0.168. The van der Waals surface area contributed by atoms with E-state index in [1.165, 1.54) is 15.8 Å². The Bertz CT molecular complexity index is 567. The van der Waals surface area contributed by atoms with Crippen LogP contribution in [-0.2, 0) is 6.42 Å². The van der Waals surface area contributed by atoms with Gasteiger partial charge in [-0.15, -0.1) is 11.3 Å². The molecule has 1 unspecified atom stereocenters. The third-order valence-corrected chi connectivity index (χ3v) is 5.21. The predicted octanol–water partition coefficient (Wildman–Crippen LogP) is 5.24. The smallest absolute Gasteiger partial charge is 0.123 e. The molecule has 0 saturated heterocycles. The molecule has 1 atom stereocenters. The van der Waals surface area contributed by atoms with Crippen LogP contribution in [0.25, 0.3) is 0 Å². The molecule has 0 amide bonds. The first kappa shape index (κ1) is 15.7. The first-order chi connectivity index (χ1) is 9.60. The second-order valence-corrected chi connectivity index (χ2v) is 7.05. The van der Waals surface area contributed by atoms with E-state index in [1.807, 2.05) is 6.07 Å². The van der Waals surface area contributed by atoms with Crippen molar-refractivity contribution in [3.63, 3.8) is 0 Å².